The summed E-state index contributed by atoms with van der Waals surface area (Å²) in [5, 5.41) is 22.1. The van der Waals surface area contributed by atoms with E-state index in [1.807, 2.05) is 19.1 Å². The second-order valence-corrected chi connectivity index (χ2v) is 5.46. The molecule has 0 aliphatic carbocycles. The van der Waals surface area contributed by atoms with Gasteiger partial charge < -0.3 is 10.4 Å². The van der Waals surface area contributed by atoms with E-state index in [0.29, 0.717) is 11.1 Å². The molecule has 0 bridgehead atoms. The Bertz CT molecular complexity index is 682. The molecule has 2 N–H and O–H groups in total. The van der Waals surface area contributed by atoms with Crippen molar-refractivity contribution in [2.75, 3.05) is 6.54 Å². The Morgan fingerprint density at radius 3 is 2.45 bits per heavy atom. The van der Waals surface area contributed by atoms with Crippen molar-refractivity contribution in [3.8, 4) is 6.07 Å². The number of nitriles is 1. The average Bonchev–Trinajstić information content (AvgIpc) is 2.54. The summed E-state index contributed by atoms with van der Waals surface area (Å²) in [6.45, 7) is 2.23. The van der Waals surface area contributed by atoms with Gasteiger partial charge in [-0.15, -0.1) is 0 Å². The molecule has 5 heteroatoms. The van der Waals surface area contributed by atoms with Crippen molar-refractivity contribution in [2.45, 2.75) is 19.1 Å². The number of rotatable bonds is 5. The van der Waals surface area contributed by atoms with Gasteiger partial charge in [0, 0.05) is 12.6 Å². The van der Waals surface area contributed by atoms with Crippen LogP contribution in [0.4, 0.5) is 4.39 Å². The van der Waals surface area contributed by atoms with Crippen LogP contribution in [0.3, 0.4) is 0 Å². The quantitative estimate of drug-likeness (QED) is 0.883. The van der Waals surface area contributed by atoms with Gasteiger partial charge in [0.25, 0.3) is 0 Å². The molecule has 0 aromatic heterocycles. The Hall–Kier alpha value is -1.93. The third-order valence-corrected chi connectivity index (χ3v) is 3.79. The number of hydrogen-bond acceptors (Lipinski definition) is 3. The molecule has 0 radical (unpaired) electrons. The molecule has 2 aromatic carbocycles. The molecule has 2 rings (SSSR count). The van der Waals surface area contributed by atoms with Crippen LogP contribution in [0.2, 0.25) is 5.02 Å². The molecule has 0 heterocycles. The fourth-order valence-corrected chi connectivity index (χ4v) is 2.21. The molecule has 114 valence electrons. The number of nitrogens with one attached hydrogen (secondary N) is 1. The Morgan fingerprint density at radius 1 is 1.23 bits per heavy atom. The summed E-state index contributed by atoms with van der Waals surface area (Å²) in [6.07, 6.45) is -0.826. The van der Waals surface area contributed by atoms with E-state index in [1.165, 1.54) is 12.1 Å². The average molecular weight is 319 g/mol. The number of hydrogen-bond donors (Lipinski definition) is 2. The van der Waals surface area contributed by atoms with Crippen LogP contribution in [0.1, 0.15) is 35.8 Å². The molecule has 0 fully saturated rings. The summed E-state index contributed by atoms with van der Waals surface area (Å²) in [6, 6.07) is 13.6. The molecule has 2 unspecified atom stereocenters. The van der Waals surface area contributed by atoms with Gasteiger partial charge >= 0.3 is 0 Å². The minimum Gasteiger partial charge on any atom is -0.387 e. The second-order valence-electron chi connectivity index (χ2n) is 5.05. The summed E-state index contributed by atoms with van der Waals surface area (Å²) >= 11 is 5.62. The largest absolute Gasteiger partial charge is 0.387 e. The smallest absolute Gasteiger partial charge is 0.142 e. The summed E-state index contributed by atoms with van der Waals surface area (Å²) in [5.41, 5.74) is 2.09. The lowest BCUT2D eigenvalue weighted by molar-refractivity contribution is 0.170. The van der Waals surface area contributed by atoms with E-state index in [-0.39, 0.29) is 17.6 Å². The molecule has 0 saturated carbocycles. The number of halogens is 2. The fraction of sp³-hybridized carbons (Fsp3) is 0.235. The zero-order valence-electron chi connectivity index (χ0n) is 12.1. The number of aliphatic hydroxyl groups is 1. The highest BCUT2D eigenvalue weighted by Crippen LogP contribution is 2.21. The van der Waals surface area contributed by atoms with Gasteiger partial charge in [0.05, 0.1) is 22.8 Å². The highest BCUT2D eigenvalue weighted by molar-refractivity contribution is 6.30. The van der Waals surface area contributed by atoms with Crippen molar-refractivity contribution >= 4 is 11.6 Å². The van der Waals surface area contributed by atoms with E-state index in [1.54, 1.807) is 18.2 Å². The zero-order chi connectivity index (χ0) is 16.1. The monoisotopic (exact) mass is 318 g/mol. The van der Waals surface area contributed by atoms with E-state index >= 15 is 0 Å². The number of aliphatic hydroxyl groups excluding tert-OH is 1. The van der Waals surface area contributed by atoms with Crippen LogP contribution in [0.25, 0.3) is 0 Å². The lowest BCUT2D eigenvalue weighted by Crippen LogP contribution is -2.24. The van der Waals surface area contributed by atoms with Crippen LogP contribution in [-0.4, -0.2) is 11.7 Å². The van der Waals surface area contributed by atoms with Crippen LogP contribution in [0.5, 0.6) is 0 Å². The van der Waals surface area contributed by atoms with Crippen molar-refractivity contribution in [1.29, 1.82) is 5.26 Å². The third kappa shape index (κ3) is 4.05. The molecule has 2 aromatic rings. The summed E-state index contributed by atoms with van der Waals surface area (Å²) < 4.78 is 13.4. The molecular formula is C17H16ClFN2O. The maximum atomic E-state index is 13.4. The second kappa shape index (κ2) is 7.37. The predicted octanol–water partition coefficient (Wildman–Crippen LogP) is 3.73. The van der Waals surface area contributed by atoms with E-state index in [4.69, 9.17) is 16.9 Å². The van der Waals surface area contributed by atoms with Gasteiger partial charge in [-0.2, -0.15) is 5.26 Å². The molecule has 22 heavy (non-hydrogen) atoms. The SMILES string of the molecule is CC(NCC(O)c1ccc(Cl)c(F)c1)c1ccc(C#N)cc1. The molecule has 0 amide bonds. The molecule has 0 aliphatic heterocycles. The van der Waals surface area contributed by atoms with Gasteiger partial charge in [-0.3, -0.25) is 0 Å². The van der Waals surface area contributed by atoms with Crippen LogP contribution in [-0.2, 0) is 0 Å². The normalized spacial score (nSPS) is 13.4. The topological polar surface area (TPSA) is 56.0 Å². The summed E-state index contributed by atoms with van der Waals surface area (Å²) in [7, 11) is 0. The first-order chi connectivity index (χ1) is 10.5. The third-order valence-electron chi connectivity index (χ3n) is 3.49. The highest BCUT2D eigenvalue weighted by Gasteiger charge is 2.12. The minimum absolute atomic E-state index is 0.000426. The fourth-order valence-electron chi connectivity index (χ4n) is 2.09. The van der Waals surface area contributed by atoms with Crippen molar-refractivity contribution in [1.82, 2.24) is 5.32 Å². The van der Waals surface area contributed by atoms with Crippen LogP contribution >= 0.6 is 11.6 Å². The lowest BCUT2D eigenvalue weighted by atomic mass is 10.1. The predicted molar refractivity (Wildman–Crippen MR) is 83.9 cm³/mol. The van der Waals surface area contributed by atoms with Gasteiger partial charge in [-0.25, -0.2) is 4.39 Å². The zero-order valence-corrected chi connectivity index (χ0v) is 12.8. The Kier molecular flexibility index (Phi) is 5.51. The van der Waals surface area contributed by atoms with Gasteiger partial charge in [0.15, 0.2) is 0 Å². The number of nitrogens with zero attached hydrogens (tertiary/aromatic N) is 1. The molecule has 3 nitrogen and oxygen atoms in total. The maximum absolute atomic E-state index is 13.4. The van der Waals surface area contributed by atoms with Crippen molar-refractivity contribution < 1.29 is 9.50 Å². The number of benzene rings is 2. The van der Waals surface area contributed by atoms with Crippen LogP contribution < -0.4 is 5.32 Å². The molecule has 2 atom stereocenters. The molecule has 0 saturated heterocycles. The maximum Gasteiger partial charge on any atom is 0.142 e. The van der Waals surface area contributed by atoms with Crippen LogP contribution in [0, 0.1) is 17.1 Å². The molecule has 0 spiro atoms. The first-order valence-corrected chi connectivity index (χ1v) is 7.25. The van der Waals surface area contributed by atoms with E-state index < -0.39 is 11.9 Å². The summed E-state index contributed by atoms with van der Waals surface area (Å²) in [5.74, 6) is -0.543. The van der Waals surface area contributed by atoms with Gasteiger partial charge in [-0.05, 0) is 42.3 Å². The standard InChI is InChI=1S/C17H16ClFN2O/c1-11(13-4-2-12(9-20)3-5-13)21-10-17(22)14-6-7-15(18)16(19)8-14/h2-8,11,17,21-22H,10H2,1H3. The van der Waals surface area contributed by atoms with E-state index in [2.05, 4.69) is 11.4 Å². The molecule has 0 aliphatic rings. The van der Waals surface area contributed by atoms with Gasteiger partial charge in [0.2, 0.25) is 0 Å². The summed E-state index contributed by atoms with van der Waals surface area (Å²) in [4.78, 5) is 0. The van der Waals surface area contributed by atoms with Crippen molar-refractivity contribution in [3.63, 3.8) is 0 Å². The lowest BCUT2D eigenvalue weighted by Gasteiger charge is -2.18. The minimum atomic E-state index is -0.826. The Balaban J connectivity index is 1.96. The Labute approximate surface area is 134 Å². The molecular weight excluding hydrogens is 303 g/mol. The van der Waals surface area contributed by atoms with E-state index in [9.17, 15) is 9.50 Å². The van der Waals surface area contributed by atoms with Gasteiger partial charge in [-0.1, -0.05) is 29.8 Å². The Morgan fingerprint density at radius 2 is 1.86 bits per heavy atom. The van der Waals surface area contributed by atoms with Gasteiger partial charge in [0.1, 0.15) is 5.82 Å². The highest BCUT2D eigenvalue weighted by atomic mass is 35.5. The van der Waals surface area contributed by atoms with Crippen molar-refractivity contribution in [3.05, 3.63) is 70.0 Å². The van der Waals surface area contributed by atoms with E-state index in [0.717, 1.165) is 5.56 Å². The first-order valence-electron chi connectivity index (χ1n) is 6.87. The van der Waals surface area contributed by atoms with Crippen molar-refractivity contribution in [2.24, 2.45) is 0 Å². The first kappa shape index (κ1) is 16.4. The van der Waals surface area contributed by atoms with Crippen LogP contribution in [0.15, 0.2) is 42.5 Å².